The van der Waals surface area contributed by atoms with E-state index in [2.05, 4.69) is 118 Å². The lowest BCUT2D eigenvalue weighted by atomic mass is 10.0. The summed E-state index contributed by atoms with van der Waals surface area (Å²) in [5, 5.41) is 0. The SMILES string of the molecule is CC/C=C\C/C=C\C/C=C\C/C=C\CCCCCCCCCCCCCCC(=O)OCC(COC(=O)CCCC/C=C\C/C=C\C/C=C\C/C=C\CC)OC(=O)CCCCCCCCCCCCCCCCCCCC. The first-order valence-corrected chi connectivity index (χ1v) is 32.2. The highest BCUT2D eigenvalue weighted by Crippen LogP contribution is 2.17. The smallest absolute Gasteiger partial charge is 0.306 e. The first-order valence-electron chi connectivity index (χ1n) is 32.2. The highest BCUT2D eigenvalue weighted by Gasteiger charge is 2.19. The van der Waals surface area contributed by atoms with Crippen molar-refractivity contribution in [2.24, 2.45) is 0 Å². The van der Waals surface area contributed by atoms with Crippen LogP contribution < -0.4 is 0 Å². The van der Waals surface area contributed by atoms with Crippen LogP contribution in [0.2, 0.25) is 0 Å². The Hall–Kier alpha value is -3.67. The lowest BCUT2D eigenvalue weighted by Crippen LogP contribution is -2.30. The summed E-state index contributed by atoms with van der Waals surface area (Å²) in [7, 11) is 0. The van der Waals surface area contributed by atoms with Gasteiger partial charge in [0.2, 0.25) is 0 Å². The van der Waals surface area contributed by atoms with Crippen LogP contribution in [0.25, 0.3) is 0 Å². The Morgan fingerprint density at radius 3 is 0.829 bits per heavy atom. The third kappa shape index (κ3) is 61.2. The summed E-state index contributed by atoms with van der Waals surface area (Å²) >= 11 is 0. The zero-order chi connectivity index (χ0) is 55.0. The topological polar surface area (TPSA) is 78.9 Å². The van der Waals surface area contributed by atoms with Gasteiger partial charge >= 0.3 is 17.9 Å². The summed E-state index contributed by atoms with van der Waals surface area (Å²) in [6.45, 7) is 6.41. The molecule has 0 aliphatic rings. The van der Waals surface area contributed by atoms with Gasteiger partial charge in [-0.25, -0.2) is 0 Å². The molecule has 0 aromatic heterocycles. The van der Waals surface area contributed by atoms with E-state index in [4.69, 9.17) is 14.2 Å². The van der Waals surface area contributed by atoms with Crippen LogP contribution in [0.5, 0.6) is 0 Å². The summed E-state index contributed by atoms with van der Waals surface area (Å²) in [4.78, 5) is 38.3. The number of allylic oxidation sites excluding steroid dienone is 16. The molecule has 76 heavy (non-hydrogen) atoms. The van der Waals surface area contributed by atoms with E-state index < -0.39 is 6.10 Å². The normalized spacial score (nSPS) is 12.7. The molecule has 0 fully saturated rings. The molecule has 1 atom stereocenters. The number of rotatable bonds is 58. The van der Waals surface area contributed by atoms with E-state index in [1.54, 1.807) is 0 Å². The molecule has 6 heteroatoms. The van der Waals surface area contributed by atoms with Crippen molar-refractivity contribution in [3.8, 4) is 0 Å². The molecule has 0 saturated heterocycles. The van der Waals surface area contributed by atoms with Crippen LogP contribution in [-0.2, 0) is 28.6 Å². The Kier molecular flexibility index (Phi) is 60.8. The minimum absolute atomic E-state index is 0.0892. The lowest BCUT2D eigenvalue weighted by molar-refractivity contribution is -0.167. The monoisotopic (exact) mass is 1060 g/mol. The number of unbranched alkanes of at least 4 members (excludes halogenated alkanes) is 31. The number of carbonyl (C=O) groups is 3. The minimum atomic E-state index is -0.795. The Balaban J connectivity index is 4.35. The number of esters is 3. The van der Waals surface area contributed by atoms with Crippen molar-refractivity contribution in [2.45, 2.75) is 316 Å². The van der Waals surface area contributed by atoms with Gasteiger partial charge in [0, 0.05) is 19.3 Å². The molecule has 6 nitrogen and oxygen atoms in total. The van der Waals surface area contributed by atoms with E-state index in [0.29, 0.717) is 19.3 Å². The molecule has 0 bridgehead atoms. The Labute approximate surface area is 470 Å². The van der Waals surface area contributed by atoms with Crippen molar-refractivity contribution >= 4 is 17.9 Å². The summed E-state index contributed by atoms with van der Waals surface area (Å²) in [6.07, 6.45) is 85.6. The van der Waals surface area contributed by atoms with Gasteiger partial charge in [-0.05, 0) is 96.3 Å². The second kappa shape index (κ2) is 63.9. The summed E-state index contributed by atoms with van der Waals surface area (Å²) in [5.74, 6) is -0.921. The number of carbonyl (C=O) groups excluding carboxylic acids is 3. The van der Waals surface area contributed by atoms with Gasteiger partial charge in [0.25, 0.3) is 0 Å². The highest BCUT2D eigenvalue weighted by molar-refractivity contribution is 5.71. The number of hydrogen-bond acceptors (Lipinski definition) is 6. The van der Waals surface area contributed by atoms with Gasteiger partial charge in [0.05, 0.1) is 0 Å². The minimum Gasteiger partial charge on any atom is -0.462 e. The zero-order valence-corrected chi connectivity index (χ0v) is 50.0. The van der Waals surface area contributed by atoms with Gasteiger partial charge in [-0.1, -0.05) is 291 Å². The average Bonchev–Trinajstić information content (AvgIpc) is 3.42. The van der Waals surface area contributed by atoms with E-state index in [1.165, 1.54) is 161 Å². The predicted molar refractivity (Wildman–Crippen MR) is 330 cm³/mol. The van der Waals surface area contributed by atoms with Gasteiger partial charge in [0.1, 0.15) is 13.2 Å². The van der Waals surface area contributed by atoms with E-state index in [-0.39, 0.29) is 31.1 Å². The molecule has 0 N–H and O–H groups in total. The maximum absolute atomic E-state index is 12.9. The van der Waals surface area contributed by atoms with Gasteiger partial charge in [0.15, 0.2) is 6.10 Å². The Morgan fingerprint density at radius 1 is 0.276 bits per heavy atom. The van der Waals surface area contributed by atoms with Crippen LogP contribution in [-0.4, -0.2) is 37.2 Å². The third-order valence-electron chi connectivity index (χ3n) is 13.8. The van der Waals surface area contributed by atoms with E-state index in [1.807, 2.05) is 0 Å². The molecule has 0 amide bonds. The fourth-order valence-electron chi connectivity index (χ4n) is 9.07. The van der Waals surface area contributed by atoms with Crippen LogP contribution in [0.4, 0.5) is 0 Å². The average molecular weight is 1060 g/mol. The van der Waals surface area contributed by atoms with Gasteiger partial charge in [-0.3, -0.25) is 14.4 Å². The molecule has 0 saturated carbocycles. The molecular formula is C70H120O6. The van der Waals surface area contributed by atoms with Crippen molar-refractivity contribution in [2.75, 3.05) is 13.2 Å². The first kappa shape index (κ1) is 72.3. The molecule has 0 radical (unpaired) electrons. The van der Waals surface area contributed by atoms with Crippen molar-refractivity contribution in [1.29, 1.82) is 0 Å². The third-order valence-corrected chi connectivity index (χ3v) is 13.8. The second-order valence-electron chi connectivity index (χ2n) is 21.3. The molecule has 436 valence electrons. The van der Waals surface area contributed by atoms with Gasteiger partial charge in [-0.2, -0.15) is 0 Å². The number of hydrogen-bond donors (Lipinski definition) is 0. The quantitative estimate of drug-likeness (QED) is 0.0261. The molecule has 0 aromatic rings. The van der Waals surface area contributed by atoms with Crippen molar-refractivity contribution in [3.05, 3.63) is 97.2 Å². The first-order chi connectivity index (χ1) is 37.5. The molecule has 0 aliphatic carbocycles. The van der Waals surface area contributed by atoms with Crippen molar-refractivity contribution in [3.63, 3.8) is 0 Å². The summed E-state index contributed by atoms with van der Waals surface area (Å²) in [6, 6.07) is 0. The largest absolute Gasteiger partial charge is 0.462 e. The van der Waals surface area contributed by atoms with Crippen molar-refractivity contribution < 1.29 is 28.6 Å². The standard InChI is InChI=1S/C70H120O6/c1-4-7-10-13-16-19-22-25-28-30-32-33-34-35-36-37-38-40-42-45-48-51-54-57-60-63-69(72)75-66-67(65-74-68(71)62-59-56-53-50-47-44-41-27-24-21-18-15-12-9-6-3)76-70(73)64-61-58-55-52-49-46-43-39-31-29-26-23-20-17-14-11-8-5-2/h7,9-10,12,16,18-19,21,25,27-28,32-33,41,47,50,67H,4-6,8,11,13-15,17,20,22-24,26,29-31,34-40,42-46,48-49,51-66H2,1-3H3/b10-7-,12-9-,19-16-,21-18-,28-25-,33-32-,41-27-,50-47-. The molecule has 1 unspecified atom stereocenters. The van der Waals surface area contributed by atoms with Crippen LogP contribution in [0.1, 0.15) is 310 Å². The van der Waals surface area contributed by atoms with Crippen LogP contribution in [0, 0.1) is 0 Å². The van der Waals surface area contributed by atoms with E-state index >= 15 is 0 Å². The fourth-order valence-corrected chi connectivity index (χ4v) is 9.07. The van der Waals surface area contributed by atoms with Crippen LogP contribution >= 0.6 is 0 Å². The van der Waals surface area contributed by atoms with Crippen LogP contribution in [0.15, 0.2) is 97.2 Å². The Morgan fingerprint density at radius 2 is 0.513 bits per heavy atom. The molecule has 0 spiro atoms. The Bertz CT molecular complexity index is 1490. The lowest BCUT2D eigenvalue weighted by Gasteiger charge is -2.18. The maximum Gasteiger partial charge on any atom is 0.306 e. The van der Waals surface area contributed by atoms with Crippen LogP contribution in [0.3, 0.4) is 0 Å². The molecule has 0 aliphatic heterocycles. The van der Waals surface area contributed by atoms with Gasteiger partial charge in [-0.15, -0.1) is 0 Å². The van der Waals surface area contributed by atoms with Gasteiger partial charge < -0.3 is 14.2 Å². The molecule has 0 heterocycles. The fraction of sp³-hybridized carbons (Fsp3) is 0.729. The maximum atomic E-state index is 12.9. The van der Waals surface area contributed by atoms with E-state index in [0.717, 1.165) is 109 Å². The molecule has 0 aromatic carbocycles. The van der Waals surface area contributed by atoms with Crippen molar-refractivity contribution in [1.82, 2.24) is 0 Å². The molecular weight excluding hydrogens is 937 g/mol. The zero-order valence-electron chi connectivity index (χ0n) is 50.0. The summed E-state index contributed by atoms with van der Waals surface area (Å²) < 4.78 is 16.9. The molecule has 0 rings (SSSR count). The van der Waals surface area contributed by atoms with E-state index in [9.17, 15) is 14.4 Å². The number of ether oxygens (including phenoxy) is 3. The highest BCUT2D eigenvalue weighted by atomic mass is 16.6. The summed E-state index contributed by atoms with van der Waals surface area (Å²) in [5.41, 5.74) is 0. The second-order valence-corrected chi connectivity index (χ2v) is 21.3. The predicted octanol–water partition coefficient (Wildman–Crippen LogP) is 22.0.